The number of ether oxygens (including phenoxy) is 1. The van der Waals surface area contributed by atoms with E-state index >= 15 is 0 Å². The van der Waals surface area contributed by atoms with Crippen LogP contribution in [-0.2, 0) is 12.8 Å². The maximum absolute atomic E-state index is 13.8. The number of likely N-dealkylation sites (N-methyl/N-ethyl adjacent to an activating group) is 1. The molecular formula is C18H22FNO. The number of benzene rings is 2. The summed E-state index contributed by atoms with van der Waals surface area (Å²) in [7, 11) is 3.43. The van der Waals surface area contributed by atoms with E-state index in [0.29, 0.717) is 5.75 Å². The van der Waals surface area contributed by atoms with Gasteiger partial charge in [0, 0.05) is 6.04 Å². The van der Waals surface area contributed by atoms with Gasteiger partial charge in [-0.1, -0.05) is 30.3 Å². The second-order valence-corrected chi connectivity index (χ2v) is 5.29. The fourth-order valence-electron chi connectivity index (χ4n) is 2.50. The molecule has 112 valence electrons. The first kappa shape index (κ1) is 15.5. The summed E-state index contributed by atoms with van der Waals surface area (Å²) in [6.45, 7) is 2.12. The Morgan fingerprint density at radius 1 is 1.14 bits per heavy atom. The van der Waals surface area contributed by atoms with Crippen LogP contribution in [0.2, 0.25) is 0 Å². The molecule has 2 aromatic carbocycles. The lowest BCUT2D eigenvalue weighted by atomic mass is 9.96. The molecule has 1 atom stereocenters. The Bertz CT molecular complexity index is 598. The van der Waals surface area contributed by atoms with Gasteiger partial charge in [0.15, 0.2) is 11.6 Å². The maximum atomic E-state index is 13.8. The largest absolute Gasteiger partial charge is 0.494 e. The molecule has 0 aliphatic carbocycles. The van der Waals surface area contributed by atoms with Gasteiger partial charge >= 0.3 is 0 Å². The van der Waals surface area contributed by atoms with Crippen molar-refractivity contribution in [2.24, 2.45) is 0 Å². The smallest absolute Gasteiger partial charge is 0.165 e. The van der Waals surface area contributed by atoms with Gasteiger partial charge in [-0.3, -0.25) is 0 Å². The molecule has 0 heterocycles. The standard InChI is InChI=1S/C18H22FNO/c1-13-6-4-5-7-15(13)12-16(20-2)10-14-8-9-18(21-3)17(19)11-14/h4-9,11,16,20H,10,12H2,1-3H3. The summed E-state index contributed by atoms with van der Waals surface area (Å²) in [5.41, 5.74) is 3.59. The molecule has 21 heavy (non-hydrogen) atoms. The van der Waals surface area contributed by atoms with Gasteiger partial charge in [-0.25, -0.2) is 4.39 Å². The van der Waals surface area contributed by atoms with E-state index in [4.69, 9.17) is 4.74 Å². The summed E-state index contributed by atoms with van der Waals surface area (Å²) in [4.78, 5) is 0. The summed E-state index contributed by atoms with van der Waals surface area (Å²) in [6, 6.07) is 13.8. The van der Waals surface area contributed by atoms with Crippen LogP contribution in [0.15, 0.2) is 42.5 Å². The zero-order valence-electron chi connectivity index (χ0n) is 12.8. The Kier molecular flexibility index (Phi) is 5.34. The van der Waals surface area contributed by atoms with E-state index in [-0.39, 0.29) is 11.9 Å². The normalized spacial score (nSPS) is 12.2. The van der Waals surface area contributed by atoms with Crippen LogP contribution in [0.3, 0.4) is 0 Å². The minimum absolute atomic E-state index is 0.277. The van der Waals surface area contributed by atoms with E-state index in [1.165, 1.54) is 18.2 Å². The van der Waals surface area contributed by atoms with Crippen molar-refractivity contribution in [1.82, 2.24) is 5.32 Å². The monoisotopic (exact) mass is 287 g/mol. The van der Waals surface area contributed by atoms with Gasteiger partial charge < -0.3 is 10.1 Å². The van der Waals surface area contributed by atoms with Crippen LogP contribution in [0.25, 0.3) is 0 Å². The maximum Gasteiger partial charge on any atom is 0.165 e. The van der Waals surface area contributed by atoms with Gasteiger partial charge in [-0.2, -0.15) is 0 Å². The number of aryl methyl sites for hydroxylation is 1. The van der Waals surface area contributed by atoms with E-state index < -0.39 is 0 Å². The first-order chi connectivity index (χ1) is 10.1. The van der Waals surface area contributed by atoms with Crippen LogP contribution in [0, 0.1) is 12.7 Å². The van der Waals surface area contributed by atoms with Gasteiger partial charge in [0.1, 0.15) is 0 Å². The highest BCUT2D eigenvalue weighted by Gasteiger charge is 2.11. The average Bonchev–Trinajstić information content (AvgIpc) is 2.49. The first-order valence-electron chi connectivity index (χ1n) is 7.18. The molecule has 1 unspecified atom stereocenters. The highest BCUT2D eigenvalue weighted by atomic mass is 19.1. The van der Waals surface area contributed by atoms with E-state index in [2.05, 4.69) is 30.4 Å². The van der Waals surface area contributed by atoms with Gasteiger partial charge in [0.25, 0.3) is 0 Å². The molecule has 0 amide bonds. The Morgan fingerprint density at radius 3 is 2.52 bits per heavy atom. The Balaban J connectivity index is 2.09. The SMILES string of the molecule is CNC(Cc1ccc(OC)c(F)c1)Cc1ccccc1C. The highest BCUT2D eigenvalue weighted by Crippen LogP contribution is 2.19. The van der Waals surface area contributed by atoms with Crippen LogP contribution in [-0.4, -0.2) is 20.2 Å². The highest BCUT2D eigenvalue weighted by molar-refractivity contribution is 5.31. The molecule has 0 aliphatic heterocycles. The molecule has 0 spiro atoms. The van der Waals surface area contributed by atoms with Crippen molar-refractivity contribution < 1.29 is 9.13 Å². The van der Waals surface area contributed by atoms with Crippen LogP contribution in [0.1, 0.15) is 16.7 Å². The minimum Gasteiger partial charge on any atom is -0.494 e. The lowest BCUT2D eigenvalue weighted by Crippen LogP contribution is -2.30. The average molecular weight is 287 g/mol. The van der Waals surface area contributed by atoms with Gasteiger partial charge in [-0.15, -0.1) is 0 Å². The topological polar surface area (TPSA) is 21.3 Å². The third kappa shape index (κ3) is 4.05. The summed E-state index contributed by atoms with van der Waals surface area (Å²) < 4.78 is 18.7. The number of methoxy groups -OCH3 is 1. The van der Waals surface area contributed by atoms with E-state index in [1.807, 2.05) is 19.2 Å². The molecular weight excluding hydrogens is 265 g/mol. The van der Waals surface area contributed by atoms with Gasteiger partial charge in [0.2, 0.25) is 0 Å². The number of hydrogen-bond donors (Lipinski definition) is 1. The molecule has 1 N–H and O–H groups in total. The quantitative estimate of drug-likeness (QED) is 0.878. The van der Waals surface area contributed by atoms with Crippen LogP contribution in [0.5, 0.6) is 5.75 Å². The second kappa shape index (κ2) is 7.23. The molecule has 0 aromatic heterocycles. The van der Waals surface area contributed by atoms with Gasteiger partial charge in [-0.05, 0) is 55.6 Å². The number of hydrogen-bond acceptors (Lipinski definition) is 2. The summed E-state index contributed by atoms with van der Waals surface area (Å²) in [5.74, 6) is -0.0144. The van der Waals surface area contributed by atoms with E-state index in [0.717, 1.165) is 18.4 Å². The molecule has 0 aliphatic rings. The van der Waals surface area contributed by atoms with Crippen LogP contribution < -0.4 is 10.1 Å². The van der Waals surface area contributed by atoms with Crippen molar-refractivity contribution in [3.8, 4) is 5.75 Å². The Hall–Kier alpha value is -1.87. The zero-order valence-corrected chi connectivity index (χ0v) is 12.8. The summed E-state index contributed by atoms with van der Waals surface area (Å²) in [6.07, 6.45) is 1.71. The Morgan fingerprint density at radius 2 is 1.90 bits per heavy atom. The van der Waals surface area contributed by atoms with Crippen LogP contribution in [0.4, 0.5) is 4.39 Å². The van der Waals surface area contributed by atoms with Gasteiger partial charge in [0.05, 0.1) is 7.11 Å². The third-order valence-electron chi connectivity index (χ3n) is 3.83. The minimum atomic E-state index is -0.305. The number of nitrogens with one attached hydrogen (secondary N) is 1. The second-order valence-electron chi connectivity index (χ2n) is 5.29. The van der Waals surface area contributed by atoms with Crippen molar-refractivity contribution in [3.05, 3.63) is 65.0 Å². The van der Waals surface area contributed by atoms with E-state index in [9.17, 15) is 4.39 Å². The Labute approximate surface area is 126 Å². The summed E-state index contributed by atoms with van der Waals surface area (Å²) in [5, 5.41) is 3.32. The molecule has 0 radical (unpaired) electrons. The molecule has 0 bridgehead atoms. The van der Waals surface area contributed by atoms with Crippen molar-refractivity contribution in [3.63, 3.8) is 0 Å². The number of halogens is 1. The molecule has 0 saturated carbocycles. The molecule has 2 aromatic rings. The lowest BCUT2D eigenvalue weighted by molar-refractivity contribution is 0.386. The van der Waals surface area contributed by atoms with Crippen molar-refractivity contribution in [2.45, 2.75) is 25.8 Å². The fraction of sp³-hybridized carbons (Fsp3) is 0.333. The molecule has 0 saturated heterocycles. The van der Waals surface area contributed by atoms with E-state index in [1.54, 1.807) is 12.1 Å². The zero-order chi connectivity index (χ0) is 15.2. The third-order valence-corrected chi connectivity index (χ3v) is 3.83. The van der Waals surface area contributed by atoms with Crippen molar-refractivity contribution >= 4 is 0 Å². The predicted molar refractivity (Wildman–Crippen MR) is 84.4 cm³/mol. The van der Waals surface area contributed by atoms with Crippen LogP contribution >= 0.6 is 0 Å². The number of rotatable bonds is 6. The van der Waals surface area contributed by atoms with Crippen molar-refractivity contribution in [2.75, 3.05) is 14.2 Å². The first-order valence-corrected chi connectivity index (χ1v) is 7.18. The molecule has 2 rings (SSSR count). The predicted octanol–water partition coefficient (Wildman–Crippen LogP) is 3.52. The summed E-state index contributed by atoms with van der Waals surface area (Å²) >= 11 is 0. The molecule has 3 heteroatoms. The molecule has 0 fully saturated rings. The fourth-order valence-corrected chi connectivity index (χ4v) is 2.50. The lowest BCUT2D eigenvalue weighted by Gasteiger charge is -2.18. The molecule has 2 nitrogen and oxygen atoms in total. The van der Waals surface area contributed by atoms with Crippen molar-refractivity contribution in [1.29, 1.82) is 0 Å².